The third-order valence-corrected chi connectivity index (χ3v) is 4.38. The van der Waals surface area contributed by atoms with Crippen LogP contribution in [0.5, 0.6) is 5.88 Å². The highest BCUT2D eigenvalue weighted by atomic mass is 16.5. The lowest BCUT2D eigenvalue weighted by atomic mass is 10.3. The van der Waals surface area contributed by atoms with Crippen LogP contribution in [0.4, 0.5) is 17.5 Å². The zero-order valence-corrected chi connectivity index (χ0v) is 16.7. The summed E-state index contributed by atoms with van der Waals surface area (Å²) in [6.07, 6.45) is 2.55. The number of hydrogen-bond donors (Lipinski definition) is 2. The van der Waals surface area contributed by atoms with E-state index < -0.39 is 5.97 Å². The van der Waals surface area contributed by atoms with Crippen LogP contribution in [-0.4, -0.2) is 79.4 Å². The number of hydrogen-bond acceptors (Lipinski definition) is 10. The number of nitrogens with zero attached hydrogens (tertiary/aromatic N) is 4. The lowest BCUT2D eigenvalue weighted by Crippen LogP contribution is -2.37. The zero-order chi connectivity index (χ0) is 20.5. The first-order valence-electron chi connectivity index (χ1n) is 9.46. The predicted molar refractivity (Wildman–Crippen MR) is 108 cm³/mol. The summed E-state index contributed by atoms with van der Waals surface area (Å²) < 4.78 is 15.2. The summed E-state index contributed by atoms with van der Waals surface area (Å²) in [4.78, 5) is 27.2. The fraction of sp³-hybridized carbons (Fsp3) is 0.474. The highest BCUT2D eigenvalue weighted by Crippen LogP contribution is 2.18. The van der Waals surface area contributed by atoms with Gasteiger partial charge in [0.1, 0.15) is 5.82 Å². The molecule has 2 aromatic rings. The summed E-state index contributed by atoms with van der Waals surface area (Å²) >= 11 is 0. The molecule has 0 unspecified atom stereocenters. The Morgan fingerprint density at radius 1 is 1.24 bits per heavy atom. The second kappa shape index (κ2) is 10.5. The smallest absolute Gasteiger partial charge is 0.356 e. The molecule has 2 aromatic heterocycles. The Balaban J connectivity index is 1.63. The number of methoxy groups -OCH3 is 2. The van der Waals surface area contributed by atoms with Crippen LogP contribution >= 0.6 is 0 Å². The summed E-state index contributed by atoms with van der Waals surface area (Å²) in [5, 5.41) is 6.30. The molecule has 10 nitrogen and oxygen atoms in total. The third-order valence-electron chi connectivity index (χ3n) is 4.38. The van der Waals surface area contributed by atoms with Gasteiger partial charge in [0.2, 0.25) is 11.8 Å². The van der Waals surface area contributed by atoms with Gasteiger partial charge in [-0.25, -0.2) is 14.8 Å². The zero-order valence-electron chi connectivity index (χ0n) is 16.7. The number of ether oxygens (including phenoxy) is 3. The number of pyridine rings is 1. The number of rotatable bonds is 9. The molecule has 1 saturated heterocycles. The Hall–Kier alpha value is -2.98. The van der Waals surface area contributed by atoms with Crippen LogP contribution in [0.2, 0.25) is 0 Å². The van der Waals surface area contributed by atoms with Crippen molar-refractivity contribution in [3.05, 3.63) is 30.1 Å². The van der Waals surface area contributed by atoms with Gasteiger partial charge in [-0.3, -0.25) is 4.90 Å². The van der Waals surface area contributed by atoms with Crippen LogP contribution in [-0.2, 0) is 9.47 Å². The van der Waals surface area contributed by atoms with Gasteiger partial charge in [0, 0.05) is 31.8 Å². The van der Waals surface area contributed by atoms with Crippen LogP contribution in [0.1, 0.15) is 16.9 Å². The topological polar surface area (TPSA) is 111 Å². The van der Waals surface area contributed by atoms with Crippen LogP contribution in [0.25, 0.3) is 0 Å². The van der Waals surface area contributed by atoms with Crippen molar-refractivity contribution in [2.24, 2.45) is 0 Å². The molecule has 156 valence electrons. The van der Waals surface area contributed by atoms with Gasteiger partial charge in [-0.15, -0.1) is 0 Å². The van der Waals surface area contributed by atoms with Crippen molar-refractivity contribution in [1.82, 2.24) is 19.9 Å². The summed E-state index contributed by atoms with van der Waals surface area (Å²) in [7, 11) is 2.87. The Morgan fingerprint density at radius 2 is 2.07 bits per heavy atom. The molecular weight excluding hydrogens is 376 g/mol. The molecule has 3 heterocycles. The maximum absolute atomic E-state index is 12.0. The van der Waals surface area contributed by atoms with E-state index in [1.807, 2.05) is 0 Å². The van der Waals surface area contributed by atoms with E-state index in [0.717, 1.165) is 39.3 Å². The van der Waals surface area contributed by atoms with Gasteiger partial charge < -0.3 is 24.8 Å². The molecule has 3 rings (SSSR count). The molecule has 0 aliphatic carbocycles. The first-order valence-corrected chi connectivity index (χ1v) is 9.46. The normalized spacial score (nSPS) is 14.3. The van der Waals surface area contributed by atoms with E-state index in [1.165, 1.54) is 13.2 Å². The second-order valence-corrected chi connectivity index (χ2v) is 6.40. The van der Waals surface area contributed by atoms with E-state index in [2.05, 4.69) is 30.5 Å². The summed E-state index contributed by atoms with van der Waals surface area (Å²) in [5.41, 5.74) is 0.876. The molecule has 29 heavy (non-hydrogen) atoms. The monoisotopic (exact) mass is 402 g/mol. The van der Waals surface area contributed by atoms with Gasteiger partial charge in [0.25, 0.3) is 0 Å². The summed E-state index contributed by atoms with van der Waals surface area (Å²) in [6, 6.07) is 5.08. The van der Waals surface area contributed by atoms with Crippen molar-refractivity contribution in [2.45, 2.75) is 6.42 Å². The van der Waals surface area contributed by atoms with Gasteiger partial charge >= 0.3 is 5.97 Å². The van der Waals surface area contributed by atoms with Crippen LogP contribution in [0.15, 0.2) is 24.4 Å². The first-order chi connectivity index (χ1) is 14.2. The fourth-order valence-corrected chi connectivity index (χ4v) is 2.85. The average molecular weight is 402 g/mol. The number of aromatic nitrogens is 3. The molecule has 0 radical (unpaired) electrons. The lowest BCUT2D eigenvalue weighted by molar-refractivity contribution is 0.0378. The van der Waals surface area contributed by atoms with Crippen molar-refractivity contribution in [2.75, 3.05) is 64.2 Å². The van der Waals surface area contributed by atoms with Gasteiger partial charge in [-0.05, 0) is 19.0 Å². The highest BCUT2D eigenvalue weighted by molar-refractivity contribution is 5.88. The van der Waals surface area contributed by atoms with Crippen LogP contribution in [0, 0.1) is 0 Å². The number of carbonyl (C=O) groups is 1. The maximum Gasteiger partial charge on any atom is 0.356 e. The van der Waals surface area contributed by atoms with E-state index in [4.69, 9.17) is 14.2 Å². The van der Waals surface area contributed by atoms with Crippen molar-refractivity contribution >= 4 is 23.4 Å². The van der Waals surface area contributed by atoms with Crippen molar-refractivity contribution in [3.63, 3.8) is 0 Å². The molecule has 1 fully saturated rings. The molecule has 0 saturated carbocycles. The van der Waals surface area contributed by atoms with E-state index in [0.29, 0.717) is 29.9 Å². The van der Waals surface area contributed by atoms with Crippen LogP contribution < -0.4 is 15.4 Å². The van der Waals surface area contributed by atoms with Crippen LogP contribution in [0.3, 0.4) is 0 Å². The van der Waals surface area contributed by atoms with Crippen molar-refractivity contribution in [3.8, 4) is 5.88 Å². The third kappa shape index (κ3) is 6.26. The van der Waals surface area contributed by atoms with E-state index >= 15 is 0 Å². The number of morpholine rings is 1. The minimum Gasteiger partial charge on any atom is -0.481 e. The molecule has 0 bridgehead atoms. The molecule has 10 heteroatoms. The van der Waals surface area contributed by atoms with Gasteiger partial charge in [-0.2, -0.15) is 4.98 Å². The van der Waals surface area contributed by atoms with Gasteiger partial charge in [-0.1, -0.05) is 0 Å². The molecular formula is C19H26N6O4. The average Bonchev–Trinajstić information content (AvgIpc) is 2.77. The molecule has 0 aromatic carbocycles. The molecule has 2 N–H and O–H groups in total. The molecule has 1 aliphatic rings. The quantitative estimate of drug-likeness (QED) is 0.473. The summed E-state index contributed by atoms with van der Waals surface area (Å²) in [6.45, 7) is 5.14. The number of carbonyl (C=O) groups excluding carboxylic acids is 1. The highest BCUT2D eigenvalue weighted by Gasteiger charge is 2.13. The van der Waals surface area contributed by atoms with Crippen molar-refractivity contribution in [1.29, 1.82) is 0 Å². The standard InChI is InChI=1S/C19H26N6O4/c1-27-17-5-4-14(13-21-17)22-16-12-15(18(26)28-2)23-19(24-16)20-6-3-7-25-8-10-29-11-9-25/h4-5,12-13H,3,6-11H2,1-2H3,(H2,20,22,23,24). The van der Waals surface area contributed by atoms with Gasteiger partial charge in [0.05, 0.1) is 39.3 Å². The Kier molecular flexibility index (Phi) is 7.54. The molecule has 1 aliphatic heterocycles. The lowest BCUT2D eigenvalue weighted by Gasteiger charge is -2.26. The molecule has 0 atom stereocenters. The Bertz CT molecular complexity index is 796. The maximum atomic E-state index is 12.0. The largest absolute Gasteiger partial charge is 0.481 e. The van der Waals surface area contributed by atoms with E-state index in [-0.39, 0.29) is 5.69 Å². The predicted octanol–water partition coefficient (Wildman–Crippen LogP) is 1.54. The minimum absolute atomic E-state index is 0.169. The number of nitrogens with one attached hydrogen (secondary N) is 2. The molecule has 0 amide bonds. The fourth-order valence-electron chi connectivity index (χ4n) is 2.85. The Morgan fingerprint density at radius 3 is 2.76 bits per heavy atom. The Labute approximate surface area is 169 Å². The van der Waals surface area contributed by atoms with Crippen molar-refractivity contribution < 1.29 is 19.0 Å². The molecule has 0 spiro atoms. The minimum atomic E-state index is -0.528. The second-order valence-electron chi connectivity index (χ2n) is 6.40. The number of anilines is 3. The van der Waals surface area contributed by atoms with E-state index in [1.54, 1.807) is 25.4 Å². The number of esters is 1. The SMILES string of the molecule is COC(=O)c1cc(Nc2ccc(OC)nc2)nc(NCCCN2CCOCC2)n1. The van der Waals surface area contributed by atoms with Gasteiger partial charge in [0.15, 0.2) is 5.69 Å². The van der Waals surface area contributed by atoms with E-state index in [9.17, 15) is 4.79 Å². The first kappa shape index (κ1) is 20.7. The summed E-state index contributed by atoms with van der Waals surface area (Å²) in [5.74, 6) is 0.803.